The molecule has 0 fully saturated rings. The molecule has 2 heterocycles. The minimum absolute atomic E-state index is 0.0168. The maximum atomic E-state index is 7.46. The Morgan fingerprint density at radius 3 is 2.33 bits per heavy atom. The summed E-state index contributed by atoms with van der Waals surface area (Å²) in [5.74, 6) is 1.27. The van der Waals surface area contributed by atoms with E-state index >= 15 is 0 Å². The molecule has 1 spiro atoms. The zero-order valence-electron chi connectivity index (χ0n) is 32.3. The topological polar surface area (TPSA) is 15.3 Å². The lowest BCUT2D eigenvalue weighted by Gasteiger charge is -2.50. The lowest BCUT2D eigenvalue weighted by Crippen LogP contribution is -2.48. The van der Waals surface area contributed by atoms with Crippen LogP contribution in [0.5, 0.6) is 0 Å². The molecule has 0 aromatic heterocycles. The lowest BCUT2D eigenvalue weighted by molar-refractivity contribution is 0.328. The quantitative estimate of drug-likeness (QED) is 0.268. The zero-order valence-corrected chi connectivity index (χ0v) is 34.6. The molecule has 2 unspecified atom stereocenters. The molecule has 3 aromatic carbocycles. The molecular weight excluding hydrogens is 696 g/mol. The van der Waals surface area contributed by atoms with E-state index in [1.54, 1.807) is 39.6 Å². The maximum Gasteiger partial charge on any atom is 0.0737 e. The van der Waals surface area contributed by atoms with E-state index in [2.05, 4.69) is 89.5 Å². The third-order valence-electron chi connectivity index (χ3n) is 13.9. The average Bonchev–Trinajstić information content (AvgIpc) is 3.41. The van der Waals surface area contributed by atoms with Gasteiger partial charge in [0, 0.05) is 46.8 Å². The van der Waals surface area contributed by atoms with E-state index in [9.17, 15) is 0 Å². The molecule has 0 bridgehead atoms. The third-order valence-corrected chi connectivity index (χ3v) is 16.2. The van der Waals surface area contributed by atoms with Gasteiger partial charge in [-0.15, -0.1) is 11.8 Å². The Morgan fingerprint density at radius 1 is 0.923 bits per heavy atom. The second kappa shape index (κ2) is 11.6. The summed E-state index contributed by atoms with van der Waals surface area (Å²) in [6.45, 7) is 26.9. The van der Waals surface area contributed by atoms with Crippen LogP contribution in [0.1, 0.15) is 140 Å². The molecule has 3 aromatic rings. The summed E-state index contributed by atoms with van der Waals surface area (Å²) in [5, 5.41) is 4.52. The van der Waals surface area contributed by atoms with Crippen molar-refractivity contribution in [1.29, 1.82) is 0 Å². The first kappa shape index (κ1) is 34.9. The number of anilines is 1. The lowest BCUT2D eigenvalue weighted by atomic mass is 9.56. The number of fused-ring (bicyclic) bond motifs is 8. The molecule has 4 aliphatic carbocycles. The van der Waals surface area contributed by atoms with Gasteiger partial charge >= 0.3 is 0 Å². The molecule has 2 atom stereocenters. The third kappa shape index (κ3) is 4.51. The van der Waals surface area contributed by atoms with Crippen LogP contribution in [0.3, 0.4) is 0 Å². The number of nitrogens with zero attached hydrogens (tertiary/aromatic N) is 1. The van der Waals surface area contributed by atoms with Crippen molar-refractivity contribution < 1.29 is 0 Å². The van der Waals surface area contributed by atoms with Gasteiger partial charge in [-0.05, 0) is 175 Å². The number of hydrogen-bond acceptors (Lipinski definition) is 3. The summed E-state index contributed by atoms with van der Waals surface area (Å²) in [7, 11) is 1.93. The van der Waals surface area contributed by atoms with E-state index in [1.165, 1.54) is 69.5 Å². The monoisotopic (exact) mass is 746 g/mol. The maximum absolute atomic E-state index is 7.46. The predicted molar refractivity (Wildman–Crippen MR) is 226 cm³/mol. The number of nitrogens with one attached hydrogen (secondary N) is 1. The highest BCUT2D eigenvalue weighted by Gasteiger charge is 2.54. The minimum Gasteiger partial charge on any atom is -0.391 e. The van der Waals surface area contributed by atoms with Crippen LogP contribution in [0.4, 0.5) is 5.69 Å². The van der Waals surface area contributed by atoms with Crippen LogP contribution in [0.2, 0.25) is 10.0 Å². The van der Waals surface area contributed by atoms with Gasteiger partial charge in [-0.25, -0.2) is 0 Å². The number of rotatable bonds is 4. The second-order valence-corrected chi connectivity index (χ2v) is 19.5. The summed E-state index contributed by atoms with van der Waals surface area (Å²) < 4.78 is 0. The predicted octanol–water partition coefficient (Wildman–Crippen LogP) is 12.6. The summed E-state index contributed by atoms with van der Waals surface area (Å²) in [6.07, 6.45) is 12.8. The average molecular weight is 748 g/mol. The highest BCUT2D eigenvalue weighted by Crippen LogP contribution is 2.65. The smallest absolute Gasteiger partial charge is 0.0737 e. The fourth-order valence-electron chi connectivity index (χ4n) is 11.8. The van der Waals surface area contributed by atoms with E-state index in [4.69, 9.17) is 29.8 Å². The highest BCUT2D eigenvalue weighted by atomic mass is 35.5. The molecule has 0 radical (unpaired) electrons. The van der Waals surface area contributed by atoms with Crippen LogP contribution in [0.25, 0.3) is 16.7 Å². The minimum atomic E-state index is -0.421. The van der Waals surface area contributed by atoms with Crippen LogP contribution >= 0.6 is 35.0 Å². The summed E-state index contributed by atoms with van der Waals surface area (Å²) in [6, 6.07) is 5.27. The number of thioether (sulfide) groups is 1. The first-order valence-electron chi connectivity index (χ1n) is 19.4. The fraction of sp³-hybridized carbons (Fsp3) is 0.447. The summed E-state index contributed by atoms with van der Waals surface area (Å²) >= 11 is 16.5. The largest absolute Gasteiger partial charge is 0.391 e. The molecular formula is C47H52Cl2N2S. The van der Waals surface area contributed by atoms with E-state index < -0.39 is 5.41 Å². The van der Waals surface area contributed by atoms with E-state index in [0.717, 1.165) is 59.7 Å². The molecule has 9 rings (SSSR count). The van der Waals surface area contributed by atoms with Gasteiger partial charge in [-0.2, -0.15) is 0 Å². The van der Waals surface area contributed by atoms with Crippen molar-refractivity contribution >= 4 is 57.4 Å². The molecule has 270 valence electrons. The Labute approximate surface area is 325 Å². The van der Waals surface area contributed by atoms with Crippen molar-refractivity contribution in [2.75, 3.05) is 24.2 Å². The molecule has 0 amide bonds. The number of hydrogen-bond donors (Lipinski definition) is 1. The van der Waals surface area contributed by atoms with Crippen molar-refractivity contribution in [1.82, 2.24) is 5.32 Å². The Morgan fingerprint density at radius 2 is 1.60 bits per heavy atom. The van der Waals surface area contributed by atoms with Gasteiger partial charge in [0.2, 0.25) is 0 Å². The molecule has 0 saturated heterocycles. The van der Waals surface area contributed by atoms with Crippen LogP contribution in [-0.2, 0) is 24.7 Å². The first-order valence-corrected chi connectivity index (χ1v) is 21.1. The van der Waals surface area contributed by atoms with Gasteiger partial charge in [0.15, 0.2) is 0 Å². The number of halogens is 2. The van der Waals surface area contributed by atoms with Crippen LogP contribution in [-0.4, -0.2) is 24.9 Å². The Bertz CT molecular complexity index is 2140. The summed E-state index contributed by atoms with van der Waals surface area (Å²) in [5.41, 5.74) is 23.5. The summed E-state index contributed by atoms with van der Waals surface area (Å²) in [4.78, 5) is 3.78. The van der Waals surface area contributed by atoms with Gasteiger partial charge in [0.1, 0.15) is 0 Å². The van der Waals surface area contributed by atoms with Gasteiger partial charge in [0.05, 0.1) is 21.0 Å². The molecule has 2 aliphatic heterocycles. The Kier molecular flexibility index (Phi) is 7.77. The van der Waals surface area contributed by atoms with Gasteiger partial charge in [0.25, 0.3) is 0 Å². The van der Waals surface area contributed by atoms with Crippen molar-refractivity contribution in [3.63, 3.8) is 0 Å². The van der Waals surface area contributed by atoms with Crippen molar-refractivity contribution in [2.24, 2.45) is 5.41 Å². The second-order valence-electron chi connectivity index (χ2n) is 17.8. The molecule has 5 heteroatoms. The molecule has 0 saturated carbocycles. The molecule has 1 N–H and O–H groups in total. The van der Waals surface area contributed by atoms with Crippen molar-refractivity contribution in [3.8, 4) is 0 Å². The first-order chi connectivity index (χ1) is 24.6. The fourth-order valence-corrected chi connectivity index (χ4v) is 13.6. The van der Waals surface area contributed by atoms with Crippen molar-refractivity contribution in [2.45, 2.75) is 115 Å². The Hall–Kier alpha value is -2.85. The van der Waals surface area contributed by atoms with Crippen molar-refractivity contribution in [3.05, 3.63) is 120 Å². The standard InChI is InChI=1S/C47H52Cl2N2S/c1-24-20-45(6,7)35-15-11-13-29-33-17-34-30-14-12-16-51-43(30)32(25(2)21-46(51,8)9)19-37(34)47(36(33)18-31(24)39(29)35)22-26(3)38-40(47)28(5)44(42(49)41(38)48)52-23-27(4)50-10/h18-21,35,50H,3-4,11-17,22-23H2,1-2,5-10H3. The molecule has 6 aliphatic rings. The van der Waals surface area contributed by atoms with E-state index in [-0.39, 0.29) is 11.0 Å². The van der Waals surface area contributed by atoms with Crippen LogP contribution in [0, 0.1) is 12.3 Å². The molecule has 52 heavy (non-hydrogen) atoms. The SMILES string of the molecule is C=C(CSc1c(C)c2c(c(Cl)c1Cl)C(=C)CC21c2cc3c4c(c2Cc2c1cc1c5c2CCCN5C(C)(C)C=C1C)CCCC4C(C)(C)C=C3C)NC. The van der Waals surface area contributed by atoms with E-state index in [1.807, 2.05) is 7.05 Å². The molecule has 2 nitrogen and oxygen atoms in total. The number of allylic oxidation sites excluding steroid dienone is 4. The number of benzene rings is 3. The Balaban J connectivity index is 1.43. The normalized spacial score (nSPS) is 24.0. The van der Waals surface area contributed by atoms with Gasteiger partial charge < -0.3 is 10.2 Å². The zero-order chi connectivity index (χ0) is 36.8. The van der Waals surface area contributed by atoms with Gasteiger partial charge in [-0.1, -0.05) is 62.4 Å². The van der Waals surface area contributed by atoms with E-state index in [0.29, 0.717) is 16.0 Å². The van der Waals surface area contributed by atoms with Crippen LogP contribution < -0.4 is 10.2 Å². The van der Waals surface area contributed by atoms with Crippen LogP contribution in [0.15, 0.2) is 48.0 Å². The van der Waals surface area contributed by atoms with Gasteiger partial charge in [-0.3, -0.25) is 0 Å². The highest BCUT2D eigenvalue weighted by molar-refractivity contribution is 7.99.